The topological polar surface area (TPSA) is 37.1 Å². The van der Waals surface area contributed by atoms with Crippen LogP contribution in [0.15, 0.2) is 24.3 Å². The number of anilines is 1. The molecule has 2 N–H and O–H groups in total. The van der Waals surface area contributed by atoms with Crippen molar-refractivity contribution in [2.75, 3.05) is 44.2 Å². The minimum absolute atomic E-state index is 0.175. The second-order valence-electron chi connectivity index (χ2n) is 5.96. The quantitative estimate of drug-likeness (QED) is 0.817. The van der Waals surface area contributed by atoms with Gasteiger partial charge in [0.25, 0.3) is 0 Å². The maximum absolute atomic E-state index is 9.99. The van der Waals surface area contributed by atoms with E-state index >= 15 is 0 Å². The molecule has 1 saturated heterocycles. The van der Waals surface area contributed by atoms with E-state index in [9.17, 15) is 5.11 Å². The van der Waals surface area contributed by atoms with Crippen LogP contribution in [0.5, 0.6) is 0 Å². The molecule has 118 valence electrons. The summed E-state index contributed by atoms with van der Waals surface area (Å²) in [5, 5.41) is 10.8. The zero-order valence-electron chi connectivity index (χ0n) is 12.9. The number of aliphatic hydroxyl groups excluding tert-OH is 1. The van der Waals surface area contributed by atoms with E-state index in [-0.39, 0.29) is 12.2 Å². The summed E-state index contributed by atoms with van der Waals surface area (Å²) in [5.74, 6) is 0. The van der Waals surface area contributed by atoms with Crippen LogP contribution in [0.4, 0.5) is 5.69 Å². The van der Waals surface area contributed by atoms with Crippen molar-refractivity contribution in [2.45, 2.75) is 26.1 Å². The van der Waals surface area contributed by atoms with Gasteiger partial charge in [0.2, 0.25) is 0 Å². The van der Waals surface area contributed by atoms with Gasteiger partial charge in [0.05, 0.1) is 38.9 Å². The van der Waals surface area contributed by atoms with E-state index in [1.165, 1.54) is 10.6 Å². The van der Waals surface area contributed by atoms with Gasteiger partial charge < -0.3 is 19.6 Å². The highest BCUT2D eigenvalue weighted by molar-refractivity contribution is 6.30. The lowest BCUT2D eigenvalue weighted by molar-refractivity contribution is -0.903. The Balaban J connectivity index is 1.75. The van der Waals surface area contributed by atoms with E-state index in [1.54, 1.807) is 0 Å². The molecule has 2 rings (SSSR count). The average molecular weight is 314 g/mol. The molecule has 1 aromatic rings. The highest BCUT2D eigenvalue weighted by Crippen LogP contribution is 2.19. The van der Waals surface area contributed by atoms with Crippen molar-refractivity contribution >= 4 is 17.3 Å². The molecule has 0 bridgehead atoms. The number of nitrogens with one attached hydrogen (secondary N) is 1. The van der Waals surface area contributed by atoms with Crippen molar-refractivity contribution in [3.63, 3.8) is 0 Å². The predicted molar refractivity (Wildman–Crippen MR) is 86.3 cm³/mol. The number of hydrogen-bond acceptors (Lipinski definition) is 3. The first-order valence-electron chi connectivity index (χ1n) is 7.68. The summed E-state index contributed by atoms with van der Waals surface area (Å²) in [7, 11) is 0. The van der Waals surface area contributed by atoms with Crippen molar-refractivity contribution in [2.24, 2.45) is 0 Å². The molecule has 0 radical (unpaired) electrons. The van der Waals surface area contributed by atoms with E-state index < -0.39 is 0 Å². The van der Waals surface area contributed by atoms with Crippen molar-refractivity contribution in [3.8, 4) is 0 Å². The number of rotatable bonds is 6. The van der Waals surface area contributed by atoms with Gasteiger partial charge in [-0.05, 0) is 32.0 Å². The summed E-state index contributed by atoms with van der Waals surface area (Å²) in [4.78, 5) is 3.79. The fourth-order valence-corrected chi connectivity index (χ4v) is 2.84. The number of aliphatic hydroxyl groups is 1. The molecule has 0 aliphatic carbocycles. The lowest BCUT2D eigenvalue weighted by Crippen LogP contribution is -3.16. The Morgan fingerprint density at radius 2 is 2.05 bits per heavy atom. The summed E-state index contributed by atoms with van der Waals surface area (Å²) >= 11 is 6.04. The van der Waals surface area contributed by atoms with Crippen LogP contribution in [0.3, 0.4) is 0 Å². The van der Waals surface area contributed by atoms with Gasteiger partial charge in [-0.1, -0.05) is 17.7 Å². The molecule has 0 amide bonds. The van der Waals surface area contributed by atoms with Crippen LogP contribution in [-0.2, 0) is 4.74 Å². The summed E-state index contributed by atoms with van der Waals surface area (Å²) < 4.78 is 5.46. The number of halogens is 1. The zero-order valence-corrected chi connectivity index (χ0v) is 13.6. The zero-order chi connectivity index (χ0) is 15.2. The summed E-state index contributed by atoms with van der Waals surface area (Å²) in [6, 6.07) is 8.00. The first-order chi connectivity index (χ1) is 10.0. The standard InChI is InChI=1S/C16H25ClN2O2/c1-13(2)21-12-16(20)11-18-6-8-19(9-7-18)15-5-3-4-14(17)10-15/h3-5,10,13,16,20H,6-9,11-12H2,1-2H3/p+1. The van der Waals surface area contributed by atoms with E-state index in [0.717, 1.165) is 37.7 Å². The highest BCUT2D eigenvalue weighted by Gasteiger charge is 2.22. The van der Waals surface area contributed by atoms with Gasteiger partial charge >= 0.3 is 0 Å². The number of piperazine rings is 1. The predicted octanol–water partition coefficient (Wildman–Crippen LogP) is 0.831. The molecule has 4 nitrogen and oxygen atoms in total. The van der Waals surface area contributed by atoms with Gasteiger partial charge in [-0.2, -0.15) is 0 Å². The second kappa shape index (κ2) is 7.99. The summed E-state index contributed by atoms with van der Waals surface area (Å²) in [6.45, 7) is 9.22. The summed E-state index contributed by atoms with van der Waals surface area (Å²) in [6.07, 6.45) is -0.200. The molecule has 1 aliphatic heterocycles. The molecule has 1 atom stereocenters. The van der Waals surface area contributed by atoms with Crippen molar-refractivity contribution in [1.82, 2.24) is 0 Å². The first-order valence-corrected chi connectivity index (χ1v) is 8.06. The van der Waals surface area contributed by atoms with Gasteiger partial charge in [0.1, 0.15) is 12.6 Å². The molecule has 1 aliphatic rings. The second-order valence-corrected chi connectivity index (χ2v) is 6.39. The third-order valence-corrected chi connectivity index (χ3v) is 4.03. The van der Waals surface area contributed by atoms with Crippen molar-refractivity contribution in [3.05, 3.63) is 29.3 Å². The number of hydrogen-bond donors (Lipinski definition) is 2. The van der Waals surface area contributed by atoms with Crippen molar-refractivity contribution in [1.29, 1.82) is 0 Å². The van der Waals surface area contributed by atoms with Crippen LogP contribution in [0.25, 0.3) is 0 Å². The molecule has 1 aromatic carbocycles. The third-order valence-electron chi connectivity index (χ3n) is 3.79. The molecule has 1 unspecified atom stereocenters. The molecule has 5 heteroatoms. The van der Waals surface area contributed by atoms with Gasteiger partial charge in [-0.3, -0.25) is 0 Å². The van der Waals surface area contributed by atoms with E-state index in [2.05, 4.69) is 11.0 Å². The Morgan fingerprint density at radius 3 is 2.67 bits per heavy atom. The fraction of sp³-hybridized carbons (Fsp3) is 0.625. The van der Waals surface area contributed by atoms with Gasteiger partial charge in [-0.25, -0.2) is 0 Å². The molecule has 1 heterocycles. The Morgan fingerprint density at radius 1 is 1.33 bits per heavy atom. The number of benzene rings is 1. The Labute approximate surface area is 132 Å². The fourth-order valence-electron chi connectivity index (χ4n) is 2.65. The smallest absolute Gasteiger partial charge is 0.126 e. The largest absolute Gasteiger partial charge is 0.385 e. The van der Waals surface area contributed by atoms with E-state index in [1.807, 2.05) is 32.0 Å². The molecular formula is C16H26ClN2O2+. The maximum atomic E-state index is 9.99. The van der Waals surface area contributed by atoms with Gasteiger partial charge in [0, 0.05) is 10.7 Å². The van der Waals surface area contributed by atoms with Crippen LogP contribution in [0.2, 0.25) is 5.02 Å². The van der Waals surface area contributed by atoms with Crippen LogP contribution in [-0.4, -0.2) is 56.6 Å². The van der Waals surface area contributed by atoms with Crippen LogP contribution >= 0.6 is 11.6 Å². The number of quaternary nitrogens is 1. The SMILES string of the molecule is CC(C)OCC(O)C[NH+]1CCN(c2cccc(Cl)c2)CC1. The highest BCUT2D eigenvalue weighted by atomic mass is 35.5. The van der Waals surface area contributed by atoms with Crippen molar-refractivity contribution < 1.29 is 14.7 Å². The molecule has 1 fully saturated rings. The van der Waals surface area contributed by atoms with Crippen LogP contribution in [0, 0.1) is 0 Å². The first kappa shape index (κ1) is 16.6. The van der Waals surface area contributed by atoms with Gasteiger partial charge in [-0.15, -0.1) is 0 Å². The lowest BCUT2D eigenvalue weighted by atomic mass is 10.2. The lowest BCUT2D eigenvalue weighted by Gasteiger charge is -2.34. The minimum Gasteiger partial charge on any atom is -0.385 e. The van der Waals surface area contributed by atoms with Gasteiger partial charge in [0.15, 0.2) is 0 Å². The minimum atomic E-state index is -0.375. The van der Waals surface area contributed by atoms with Crippen LogP contribution < -0.4 is 9.80 Å². The number of ether oxygens (including phenoxy) is 1. The Hall–Kier alpha value is -0.810. The Kier molecular flexibility index (Phi) is 6.30. The van der Waals surface area contributed by atoms with E-state index in [0.29, 0.717) is 6.61 Å². The van der Waals surface area contributed by atoms with Crippen LogP contribution in [0.1, 0.15) is 13.8 Å². The normalized spacial score (nSPS) is 18.2. The Bertz CT molecular complexity index is 434. The average Bonchev–Trinajstić information content (AvgIpc) is 2.46. The summed E-state index contributed by atoms with van der Waals surface area (Å²) in [5.41, 5.74) is 1.19. The molecular weight excluding hydrogens is 288 g/mol. The number of nitrogens with zero attached hydrogens (tertiary/aromatic N) is 1. The third kappa shape index (κ3) is 5.47. The molecule has 21 heavy (non-hydrogen) atoms. The van der Waals surface area contributed by atoms with E-state index in [4.69, 9.17) is 16.3 Å². The monoisotopic (exact) mass is 313 g/mol. The maximum Gasteiger partial charge on any atom is 0.126 e. The molecule has 0 aromatic heterocycles. The molecule has 0 spiro atoms. The molecule has 0 saturated carbocycles.